The number of nitrogens with one attached hydrogen (secondary N) is 5. The number of hydrogen-bond donors (Lipinski definition) is 10. The molecule has 0 radical (unpaired) electrons. The highest BCUT2D eigenvalue weighted by molar-refractivity contribution is 5.83. The zero-order valence-corrected chi connectivity index (χ0v) is 43.0. The highest BCUT2D eigenvalue weighted by Crippen LogP contribution is 2.52. The first-order chi connectivity index (χ1) is 36.9. The molecule has 3 aromatic heterocycles. The lowest BCUT2D eigenvalue weighted by Crippen LogP contribution is -2.75. The lowest BCUT2D eigenvalue weighted by Gasteiger charge is -2.57. The largest absolute Gasteiger partial charge is 0.504 e. The first-order valence-corrected chi connectivity index (χ1v) is 26.8. The average molecular weight is 1040 g/mol. The van der Waals surface area contributed by atoms with E-state index in [9.17, 15) is 25.2 Å². The van der Waals surface area contributed by atoms with Gasteiger partial charge >= 0.3 is 5.97 Å². The van der Waals surface area contributed by atoms with Crippen LogP contribution in [0.25, 0.3) is 10.9 Å². The molecule has 12 atom stereocenters. The van der Waals surface area contributed by atoms with Gasteiger partial charge in [-0.15, -0.1) is 0 Å². The number of allylic oxidation sites excluding steroid dienone is 2. The molecular formula is C58H69N9O9. The van der Waals surface area contributed by atoms with Gasteiger partial charge in [-0.2, -0.15) is 0 Å². The number of carbonyl (C=O) groups excluding carboxylic acids is 1. The second-order valence-electron chi connectivity index (χ2n) is 21.3. The number of phenolic OH excluding ortho intramolecular Hbond substituents is 3. The molecule has 11 N–H and O–H groups in total. The Balaban J connectivity index is 0.970. The van der Waals surface area contributed by atoms with E-state index in [0.29, 0.717) is 81.1 Å². The molecule has 0 unspecified atom stereocenters. The number of aliphatic imine (C=N–C) groups is 1. The number of aliphatic hydroxyl groups is 1. The van der Waals surface area contributed by atoms with E-state index in [2.05, 4.69) is 66.1 Å². The maximum Gasteiger partial charge on any atom is 0.302 e. The number of guanidine groups is 1. The smallest absolute Gasteiger partial charge is 0.302 e. The summed E-state index contributed by atoms with van der Waals surface area (Å²) in [5, 5.41) is 61.1. The van der Waals surface area contributed by atoms with Crippen molar-refractivity contribution in [2.24, 2.45) is 40.3 Å². The molecule has 18 nitrogen and oxygen atoms in total. The van der Waals surface area contributed by atoms with Crippen molar-refractivity contribution >= 4 is 22.8 Å². The van der Waals surface area contributed by atoms with Crippen LogP contribution in [0, 0.1) is 41.4 Å². The lowest BCUT2D eigenvalue weighted by molar-refractivity contribution is -0.196. The highest BCUT2D eigenvalue weighted by atomic mass is 16.6. The summed E-state index contributed by atoms with van der Waals surface area (Å²) >= 11 is 0. The van der Waals surface area contributed by atoms with Gasteiger partial charge in [0.15, 0.2) is 29.0 Å². The summed E-state index contributed by atoms with van der Waals surface area (Å²) in [6, 6.07) is 14.5. The van der Waals surface area contributed by atoms with Crippen LogP contribution < -0.4 is 36.5 Å². The van der Waals surface area contributed by atoms with Gasteiger partial charge in [0.1, 0.15) is 24.6 Å². The fourth-order valence-electron chi connectivity index (χ4n) is 13.0. The van der Waals surface area contributed by atoms with Gasteiger partial charge in [-0.05, 0) is 123 Å². The number of pyridine rings is 1. The summed E-state index contributed by atoms with van der Waals surface area (Å²) in [5.41, 5.74) is 9.75. The first kappa shape index (κ1) is 50.8. The molecule has 76 heavy (non-hydrogen) atoms. The Bertz CT molecular complexity index is 3040. The standard InChI is InChI=1S/C58H69N9O9/c1-33(68)74-48-29-47(39-27-45(70)53(71)50(28-39)73-23-17-35-7-4-19-61-30-35)76-54-40(48)12-10-37-11-13-42-46(75-49-25-36(24-41(37)54)9-14-44(49)69)8-3-18-58(42)52(56(72)60-2)55(67-31-38-16-22-62-43(38)32-67)65-57(66-58)64-20-5-6-34-15-21-63-51(59)26-34/h4,7,9,14-16,19,22,25-28,30-32,37,40-42,46-48,52,54-56,60,62-63,69-72H,3,5-6,8,10,12,17-18,20-21,23-24,29,59H2,1-2H3,(H2,64,65,66)/t37-,40-,41-,42-,46+,47-,48-,52+,54+,55-,56+,58-/m0/s1. The minimum absolute atomic E-state index is 0.00924. The van der Waals surface area contributed by atoms with E-state index >= 15 is 0 Å². The van der Waals surface area contributed by atoms with E-state index in [1.807, 2.05) is 42.6 Å². The molecule has 2 aromatic carbocycles. The molecule has 4 aliphatic heterocycles. The number of aromatic amines is 1. The van der Waals surface area contributed by atoms with Crippen molar-refractivity contribution in [1.82, 2.24) is 35.8 Å². The van der Waals surface area contributed by atoms with Crippen LogP contribution in [0.5, 0.6) is 28.7 Å². The summed E-state index contributed by atoms with van der Waals surface area (Å²) in [5.74, 6) is 6.62. The van der Waals surface area contributed by atoms with Crippen molar-refractivity contribution in [2.75, 3.05) is 26.7 Å². The predicted octanol–water partition coefficient (Wildman–Crippen LogP) is 6.06. The van der Waals surface area contributed by atoms with Gasteiger partial charge in [0.05, 0.1) is 47.5 Å². The van der Waals surface area contributed by atoms with Gasteiger partial charge in [-0.25, -0.2) is 0 Å². The fraction of sp³-hybridized carbons (Fsp3) is 0.466. The maximum absolute atomic E-state index is 12.9. The van der Waals surface area contributed by atoms with Crippen molar-refractivity contribution < 1.29 is 44.2 Å². The number of H-pyrrole nitrogens is 1. The van der Waals surface area contributed by atoms with Gasteiger partial charge in [0.25, 0.3) is 0 Å². The summed E-state index contributed by atoms with van der Waals surface area (Å²) in [7, 11) is 1.76. The van der Waals surface area contributed by atoms with Crippen molar-refractivity contribution in [3.63, 3.8) is 0 Å². The third-order valence-corrected chi connectivity index (χ3v) is 16.6. The van der Waals surface area contributed by atoms with Crippen molar-refractivity contribution in [3.05, 3.63) is 120 Å². The van der Waals surface area contributed by atoms with Crippen LogP contribution >= 0.6 is 0 Å². The van der Waals surface area contributed by atoms with Crippen LogP contribution in [-0.4, -0.2) is 104 Å². The summed E-state index contributed by atoms with van der Waals surface area (Å²) < 4.78 is 28.7. The van der Waals surface area contributed by atoms with Crippen LogP contribution in [0.1, 0.15) is 87.3 Å². The number of esters is 1. The highest BCUT2D eigenvalue weighted by Gasteiger charge is 2.59. The molecule has 7 heterocycles. The van der Waals surface area contributed by atoms with Gasteiger partial charge in [0, 0.05) is 87.0 Å². The van der Waals surface area contributed by atoms with E-state index in [1.165, 1.54) is 13.0 Å². The molecule has 1 spiro atoms. The van der Waals surface area contributed by atoms with Gasteiger partial charge in [-0.3, -0.25) is 20.1 Å². The Morgan fingerprint density at radius 1 is 1.08 bits per heavy atom. The van der Waals surface area contributed by atoms with Crippen LogP contribution in [0.2, 0.25) is 0 Å². The number of benzene rings is 2. The van der Waals surface area contributed by atoms with E-state index in [0.717, 1.165) is 46.9 Å². The van der Waals surface area contributed by atoms with E-state index in [4.69, 9.17) is 29.7 Å². The topological polar surface area (TPSA) is 255 Å². The normalized spacial score (nSPS) is 29.7. The summed E-state index contributed by atoms with van der Waals surface area (Å²) in [6.45, 7) is 2.85. The number of nitrogens with two attached hydrogens (primary N) is 1. The second kappa shape index (κ2) is 21.7. The quantitative estimate of drug-likeness (QED) is 0.0211. The predicted molar refractivity (Wildman–Crippen MR) is 285 cm³/mol. The third-order valence-electron chi connectivity index (χ3n) is 16.6. The third kappa shape index (κ3) is 10.4. The van der Waals surface area contributed by atoms with Crippen molar-refractivity contribution in [3.8, 4) is 40.6 Å². The number of aromatic hydroxyl groups is 3. The van der Waals surface area contributed by atoms with Crippen molar-refractivity contribution in [1.29, 1.82) is 0 Å². The SMILES string of the molecule is CN[C@H](O)[C@H]1[C@H](n2cc3cc[nH]c3c2)NC(=NCCCC2=CCNC(N)=C2)N[C@]12CCC[C@H]1Oc3cc(ccc3O)C[C@@H]3[C@@H]4O[C@H](c5cc(O)c(O)c(OCCc6cccnc6)c5)C[C@H](OC(C)=O)[C@@H]4CC[C@H]3C#C[C@@H]12. The molecule has 2 saturated heterocycles. The molecule has 2 saturated carbocycles. The number of hydrogen-bond acceptors (Lipinski definition) is 14. The first-order valence-electron chi connectivity index (χ1n) is 26.8. The minimum atomic E-state index is -1.02. The Morgan fingerprint density at radius 3 is 2.79 bits per heavy atom. The molecule has 18 heteroatoms. The van der Waals surface area contributed by atoms with Crippen LogP contribution in [-0.2, 0) is 27.1 Å². The van der Waals surface area contributed by atoms with Gasteiger partial charge in [-0.1, -0.05) is 30.0 Å². The zero-order chi connectivity index (χ0) is 52.5. The Kier molecular flexibility index (Phi) is 14.5. The molecule has 2 aliphatic carbocycles. The number of carbonyl (C=O) groups is 1. The molecule has 2 bridgehead atoms. The molecule has 400 valence electrons. The molecule has 11 rings (SSSR count). The number of nitrogens with zero attached hydrogens (tertiary/aromatic N) is 3. The van der Waals surface area contributed by atoms with Gasteiger partial charge < -0.3 is 70.6 Å². The van der Waals surface area contributed by atoms with Gasteiger partial charge in [0.2, 0.25) is 5.75 Å². The number of phenols is 3. The number of ether oxygens (including phenoxy) is 4. The van der Waals surface area contributed by atoms with E-state index in [1.54, 1.807) is 31.6 Å². The monoisotopic (exact) mass is 1040 g/mol. The number of aromatic nitrogens is 3. The van der Waals surface area contributed by atoms with Crippen LogP contribution in [0.15, 0.2) is 108 Å². The molecule has 0 amide bonds. The van der Waals surface area contributed by atoms with Crippen molar-refractivity contribution in [2.45, 2.75) is 113 Å². The number of fused-ring (bicyclic) bond motifs is 8. The van der Waals surface area contributed by atoms with E-state index in [-0.39, 0.29) is 47.4 Å². The van der Waals surface area contributed by atoms with Crippen LogP contribution in [0.4, 0.5) is 0 Å². The second-order valence-corrected chi connectivity index (χ2v) is 21.3. The maximum atomic E-state index is 12.9. The number of aliphatic hydroxyl groups excluding tert-OH is 1. The van der Waals surface area contributed by atoms with E-state index < -0.39 is 60.2 Å². The number of rotatable bonds is 13. The molecular weight excluding hydrogens is 967 g/mol. The number of dihydropyridines is 1. The average Bonchev–Trinajstić information content (AvgIpc) is 4.05. The zero-order valence-electron chi connectivity index (χ0n) is 43.0. The Morgan fingerprint density at radius 2 is 1.97 bits per heavy atom. The molecule has 6 aliphatic rings. The lowest BCUT2D eigenvalue weighted by atomic mass is 9.61. The summed E-state index contributed by atoms with van der Waals surface area (Å²) in [4.78, 5) is 25.6. The Labute approximate surface area is 442 Å². The minimum Gasteiger partial charge on any atom is -0.504 e. The van der Waals surface area contributed by atoms with Crippen LogP contribution in [0.3, 0.4) is 0 Å². The molecule has 5 aromatic rings. The molecule has 4 fully saturated rings. The Hall–Kier alpha value is -7.33. The summed E-state index contributed by atoms with van der Waals surface area (Å²) in [6.07, 6.45) is 16.3. The fourth-order valence-corrected chi connectivity index (χ4v) is 13.0.